The van der Waals surface area contributed by atoms with Gasteiger partial charge in [-0.3, -0.25) is 4.90 Å². The third-order valence-corrected chi connectivity index (χ3v) is 6.60. The second-order valence-electron chi connectivity index (χ2n) is 6.24. The normalized spacial score (nSPS) is 18.8. The first-order valence-corrected chi connectivity index (χ1v) is 9.84. The Kier molecular flexibility index (Phi) is 5.20. The maximum Gasteiger partial charge on any atom is 0.243 e. The summed E-state index contributed by atoms with van der Waals surface area (Å²) in [4.78, 5) is 2.51. The maximum absolute atomic E-state index is 13.0. The van der Waals surface area contributed by atoms with Crippen LogP contribution in [0.4, 0.5) is 0 Å². The predicted octanol–water partition coefficient (Wildman–Crippen LogP) is 1.92. The van der Waals surface area contributed by atoms with Gasteiger partial charge in [0.25, 0.3) is 0 Å². The molecule has 1 N–H and O–H groups in total. The Balaban J connectivity index is 1.79. The van der Waals surface area contributed by atoms with E-state index in [1.54, 1.807) is 16.4 Å². The molecular formula is C18H24N2O3S. The summed E-state index contributed by atoms with van der Waals surface area (Å²) in [5.74, 6) is 0. The van der Waals surface area contributed by atoms with E-state index in [0.29, 0.717) is 44.0 Å². The van der Waals surface area contributed by atoms with E-state index in [2.05, 4.69) is 4.90 Å². The lowest BCUT2D eigenvalue weighted by Gasteiger charge is -2.35. The smallest absolute Gasteiger partial charge is 0.243 e. The number of sulfonamides is 1. The zero-order valence-electron chi connectivity index (χ0n) is 13.9. The number of piperazine rings is 1. The molecule has 24 heavy (non-hydrogen) atoms. The van der Waals surface area contributed by atoms with E-state index in [1.807, 2.05) is 37.3 Å². The van der Waals surface area contributed by atoms with E-state index in [0.717, 1.165) is 10.8 Å². The maximum atomic E-state index is 13.0. The van der Waals surface area contributed by atoms with Crippen LogP contribution in [0.3, 0.4) is 0 Å². The Morgan fingerprint density at radius 1 is 1.04 bits per heavy atom. The zero-order valence-corrected chi connectivity index (χ0v) is 14.7. The topological polar surface area (TPSA) is 60.9 Å². The van der Waals surface area contributed by atoms with Crippen molar-refractivity contribution in [3.63, 3.8) is 0 Å². The van der Waals surface area contributed by atoms with Gasteiger partial charge in [-0.25, -0.2) is 8.42 Å². The van der Waals surface area contributed by atoms with Crippen LogP contribution in [0.2, 0.25) is 0 Å². The summed E-state index contributed by atoms with van der Waals surface area (Å²) in [7, 11) is -3.50. The van der Waals surface area contributed by atoms with Crippen LogP contribution < -0.4 is 0 Å². The van der Waals surface area contributed by atoms with Crippen LogP contribution in [-0.2, 0) is 10.0 Å². The van der Waals surface area contributed by atoms with Gasteiger partial charge in [-0.05, 0) is 17.9 Å². The Morgan fingerprint density at radius 3 is 2.42 bits per heavy atom. The number of fused-ring (bicyclic) bond motifs is 1. The molecule has 0 saturated carbocycles. The largest absolute Gasteiger partial charge is 0.392 e. The van der Waals surface area contributed by atoms with Crippen molar-refractivity contribution in [2.75, 3.05) is 32.7 Å². The molecule has 6 heteroatoms. The van der Waals surface area contributed by atoms with Gasteiger partial charge in [0.15, 0.2) is 0 Å². The van der Waals surface area contributed by atoms with Crippen molar-refractivity contribution in [2.24, 2.45) is 0 Å². The first-order valence-electron chi connectivity index (χ1n) is 8.40. The van der Waals surface area contributed by atoms with Crippen molar-refractivity contribution >= 4 is 20.8 Å². The monoisotopic (exact) mass is 348 g/mol. The first kappa shape index (κ1) is 17.4. The van der Waals surface area contributed by atoms with Gasteiger partial charge >= 0.3 is 0 Å². The standard InChI is InChI=1S/C18H24N2O3S/c1-2-16(21)14-19-10-12-20(13-11-19)24(22,23)18-9-5-7-15-6-3-4-8-17(15)18/h3-9,16,21H,2,10-14H2,1H3. The van der Waals surface area contributed by atoms with Gasteiger partial charge in [0.05, 0.1) is 11.0 Å². The minimum Gasteiger partial charge on any atom is -0.392 e. The number of rotatable bonds is 5. The Bertz CT molecular complexity index is 794. The minimum absolute atomic E-state index is 0.341. The second kappa shape index (κ2) is 7.19. The summed E-state index contributed by atoms with van der Waals surface area (Å²) in [6, 6.07) is 13.0. The molecule has 1 aliphatic heterocycles. The van der Waals surface area contributed by atoms with Crippen molar-refractivity contribution < 1.29 is 13.5 Å². The quantitative estimate of drug-likeness (QED) is 0.897. The van der Waals surface area contributed by atoms with Crippen LogP contribution in [-0.4, -0.2) is 61.6 Å². The van der Waals surface area contributed by atoms with Crippen molar-refractivity contribution in [1.82, 2.24) is 9.21 Å². The van der Waals surface area contributed by atoms with Crippen LogP contribution in [0.15, 0.2) is 47.4 Å². The van der Waals surface area contributed by atoms with Crippen LogP contribution in [0.5, 0.6) is 0 Å². The minimum atomic E-state index is -3.50. The van der Waals surface area contributed by atoms with Gasteiger partial charge in [0, 0.05) is 38.1 Å². The summed E-state index contributed by atoms with van der Waals surface area (Å²) in [6.07, 6.45) is 0.375. The summed E-state index contributed by atoms with van der Waals surface area (Å²) < 4.78 is 27.6. The van der Waals surface area contributed by atoms with Crippen LogP contribution in [0.1, 0.15) is 13.3 Å². The highest BCUT2D eigenvalue weighted by Crippen LogP contribution is 2.26. The number of nitrogens with zero attached hydrogens (tertiary/aromatic N) is 2. The summed E-state index contributed by atoms with van der Waals surface area (Å²) in [5, 5.41) is 11.5. The number of aliphatic hydroxyl groups excluding tert-OH is 1. The fourth-order valence-corrected chi connectivity index (χ4v) is 4.78. The van der Waals surface area contributed by atoms with Crippen molar-refractivity contribution in [3.05, 3.63) is 42.5 Å². The Hall–Kier alpha value is -1.47. The fourth-order valence-electron chi connectivity index (χ4n) is 3.14. The van der Waals surface area contributed by atoms with Crippen LogP contribution in [0.25, 0.3) is 10.8 Å². The van der Waals surface area contributed by atoms with Crippen LogP contribution >= 0.6 is 0 Å². The van der Waals surface area contributed by atoms with Gasteiger partial charge in [0.1, 0.15) is 0 Å². The molecule has 130 valence electrons. The van der Waals surface area contributed by atoms with Crippen molar-refractivity contribution in [3.8, 4) is 0 Å². The van der Waals surface area contributed by atoms with E-state index in [9.17, 15) is 13.5 Å². The average Bonchev–Trinajstić information content (AvgIpc) is 2.61. The highest BCUT2D eigenvalue weighted by atomic mass is 32.2. The SMILES string of the molecule is CCC(O)CN1CCN(S(=O)(=O)c2cccc3ccccc23)CC1. The third kappa shape index (κ3) is 3.47. The molecule has 1 aliphatic rings. The molecule has 0 aliphatic carbocycles. The molecule has 0 radical (unpaired) electrons. The van der Waals surface area contributed by atoms with E-state index < -0.39 is 10.0 Å². The number of aliphatic hydroxyl groups is 1. The molecule has 1 saturated heterocycles. The van der Waals surface area contributed by atoms with E-state index in [4.69, 9.17) is 0 Å². The molecular weight excluding hydrogens is 324 g/mol. The lowest BCUT2D eigenvalue weighted by molar-refractivity contribution is 0.0896. The lowest BCUT2D eigenvalue weighted by atomic mass is 10.1. The van der Waals surface area contributed by atoms with Crippen LogP contribution in [0, 0.1) is 0 Å². The number of hydrogen-bond donors (Lipinski definition) is 1. The summed E-state index contributed by atoms with van der Waals surface area (Å²) in [6.45, 7) is 4.79. The summed E-state index contributed by atoms with van der Waals surface area (Å²) in [5.41, 5.74) is 0. The molecule has 1 fully saturated rings. The molecule has 1 unspecified atom stereocenters. The van der Waals surface area contributed by atoms with Gasteiger partial charge in [-0.15, -0.1) is 0 Å². The van der Waals surface area contributed by atoms with Crippen molar-refractivity contribution in [2.45, 2.75) is 24.3 Å². The van der Waals surface area contributed by atoms with E-state index in [-0.39, 0.29) is 6.10 Å². The zero-order chi connectivity index (χ0) is 17.2. The predicted molar refractivity (Wildman–Crippen MR) is 95.4 cm³/mol. The number of hydrogen-bond acceptors (Lipinski definition) is 4. The number of β-amino-alcohol motifs (C(OH)–C–C–N with tert-alkyl or cyclic N) is 1. The third-order valence-electron chi connectivity index (χ3n) is 4.64. The molecule has 0 aromatic heterocycles. The Labute approximate surface area is 143 Å². The number of benzene rings is 2. The Morgan fingerprint density at radius 2 is 1.71 bits per heavy atom. The molecule has 0 amide bonds. The van der Waals surface area contributed by atoms with Gasteiger partial charge in [-0.2, -0.15) is 4.31 Å². The van der Waals surface area contributed by atoms with Gasteiger partial charge in [-0.1, -0.05) is 43.3 Å². The van der Waals surface area contributed by atoms with Crippen molar-refractivity contribution in [1.29, 1.82) is 0 Å². The molecule has 1 atom stereocenters. The molecule has 0 bridgehead atoms. The molecule has 3 rings (SSSR count). The summed E-state index contributed by atoms with van der Waals surface area (Å²) >= 11 is 0. The first-order chi connectivity index (χ1) is 11.5. The van der Waals surface area contributed by atoms with Gasteiger partial charge < -0.3 is 5.11 Å². The molecule has 2 aromatic rings. The highest BCUT2D eigenvalue weighted by Gasteiger charge is 2.29. The second-order valence-corrected chi connectivity index (χ2v) is 8.15. The van der Waals surface area contributed by atoms with E-state index in [1.165, 1.54) is 0 Å². The van der Waals surface area contributed by atoms with E-state index >= 15 is 0 Å². The van der Waals surface area contributed by atoms with Gasteiger partial charge in [0.2, 0.25) is 10.0 Å². The fraction of sp³-hybridized carbons (Fsp3) is 0.444. The highest BCUT2D eigenvalue weighted by molar-refractivity contribution is 7.89. The molecule has 2 aromatic carbocycles. The average molecular weight is 348 g/mol. The molecule has 0 spiro atoms. The molecule has 5 nitrogen and oxygen atoms in total. The molecule has 1 heterocycles. The lowest BCUT2D eigenvalue weighted by Crippen LogP contribution is -2.50.